The van der Waals surface area contributed by atoms with Crippen molar-refractivity contribution in [1.82, 2.24) is 0 Å². The lowest BCUT2D eigenvalue weighted by Crippen LogP contribution is -2.04. The van der Waals surface area contributed by atoms with Gasteiger partial charge in [0, 0.05) is 6.61 Å². The average Bonchev–Trinajstić information content (AvgIpc) is 1.80. The van der Waals surface area contributed by atoms with Gasteiger partial charge in [0.25, 0.3) is 10.1 Å². The molecule has 0 aromatic heterocycles. The smallest absolute Gasteiger partial charge is 0.261 e. The normalized spacial score (nSPS) is 11.9. The van der Waals surface area contributed by atoms with Crippen LogP contribution in [0.4, 0.5) is 0 Å². The summed E-state index contributed by atoms with van der Waals surface area (Å²) in [5.41, 5.74) is 0.440. The molecule has 0 aliphatic carbocycles. The van der Waals surface area contributed by atoms with Crippen LogP contribution in [0.3, 0.4) is 0 Å². The van der Waals surface area contributed by atoms with Crippen molar-refractivity contribution in [2.45, 2.75) is 40.0 Å². The van der Waals surface area contributed by atoms with E-state index >= 15 is 0 Å². The van der Waals surface area contributed by atoms with Crippen LogP contribution >= 0.6 is 0 Å². The zero-order valence-corrected chi connectivity index (χ0v) is 10.3. The highest BCUT2D eigenvalue weighted by Gasteiger charge is 2.07. The van der Waals surface area contributed by atoms with Crippen molar-refractivity contribution < 1.29 is 18.1 Å². The molecule has 0 radical (unpaired) electrons. The summed E-state index contributed by atoms with van der Waals surface area (Å²) in [6.07, 6.45) is 4.04. The Hall–Kier alpha value is -0.130. The summed E-state index contributed by atoms with van der Waals surface area (Å²) in [4.78, 5) is 0. The Kier molecular flexibility index (Phi) is 8.39. The lowest BCUT2D eigenvalue weighted by molar-refractivity contribution is 0.267. The molecule has 0 heterocycles. The van der Waals surface area contributed by atoms with Gasteiger partial charge in [-0.3, -0.25) is 4.55 Å². The number of rotatable bonds is 3. The van der Waals surface area contributed by atoms with Crippen LogP contribution in [0.1, 0.15) is 40.0 Å². The standard InChI is InChI=1S/C8H18O.CH4O3S/c1-8(2,3)6-4-5-7-9;1-5(2,3)4/h9H,4-7H2,1-3H3;1H3,(H,2,3,4). The minimum Gasteiger partial charge on any atom is -0.396 e. The molecular weight excluding hydrogens is 204 g/mol. The van der Waals surface area contributed by atoms with Crippen molar-refractivity contribution in [3.63, 3.8) is 0 Å². The van der Waals surface area contributed by atoms with E-state index in [1.54, 1.807) is 0 Å². The van der Waals surface area contributed by atoms with Crippen molar-refractivity contribution in [2.24, 2.45) is 5.41 Å². The molecule has 0 atom stereocenters. The third kappa shape index (κ3) is 40.7. The van der Waals surface area contributed by atoms with E-state index in [2.05, 4.69) is 20.8 Å². The maximum atomic E-state index is 9.19. The van der Waals surface area contributed by atoms with Gasteiger partial charge in [-0.1, -0.05) is 27.2 Å². The predicted octanol–water partition coefficient (Wildman–Crippen LogP) is 1.70. The van der Waals surface area contributed by atoms with Crippen LogP contribution in [-0.2, 0) is 10.1 Å². The van der Waals surface area contributed by atoms with Crippen LogP contribution in [0.25, 0.3) is 0 Å². The lowest BCUT2D eigenvalue weighted by Gasteiger charge is -2.16. The first-order valence-corrected chi connectivity index (χ1v) is 6.44. The highest BCUT2D eigenvalue weighted by Crippen LogP contribution is 2.20. The molecule has 0 saturated heterocycles. The van der Waals surface area contributed by atoms with Crippen molar-refractivity contribution in [3.05, 3.63) is 0 Å². The second-order valence-electron chi connectivity index (χ2n) is 4.47. The Balaban J connectivity index is 0. The Morgan fingerprint density at radius 1 is 1.14 bits per heavy atom. The van der Waals surface area contributed by atoms with Crippen molar-refractivity contribution >= 4 is 10.1 Å². The van der Waals surface area contributed by atoms with Gasteiger partial charge >= 0.3 is 0 Å². The van der Waals surface area contributed by atoms with E-state index in [1.807, 2.05) is 0 Å². The first-order valence-electron chi connectivity index (χ1n) is 4.59. The van der Waals surface area contributed by atoms with Gasteiger partial charge < -0.3 is 5.11 Å². The van der Waals surface area contributed by atoms with E-state index in [9.17, 15) is 8.42 Å². The Labute approximate surface area is 87.1 Å². The van der Waals surface area contributed by atoms with Gasteiger partial charge in [0.05, 0.1) is 6.26 Å². The molecule has 5 heteroatoms. The zero-order chi connectivity index (χ0) is 11.8. The van der Waals surface area contributed by atoms with Crippen molar-refractivity contribution in [3.8, 4) is 0 Å². The number of unbranched alkanes of at least 4 members (excludes halogenated alkanes) is 1. The fourth-order valence-electron chi connectivity index (χ4n) is 0.767. The van der Waals surface area contributed by atoms with E-state index < -0.39 is 10.1 Å². The number of hydrogen-bond donors (Lipinski definition) is 2. The van der Waals surface area contributed by atoms with Crippen LogP contribution in [0.5, 0.6) is 0 Å². The molecular formula is C9H22O4S. The maximum absolute atomic E-state index is 9.19. The van der Waals surface area contributed by atoms with E-state index in [0.717, 1.165) is 12.8 Å². The Morgan fingerprint density at radius 3 is 1.71 bits per heavy atom. The summed E-state index contributed by atoms with van der Waals surface area (Å²) in [6, 6.07) is 0. The Morgan fingerprint density at radius 2 is 1.50 bits per heavy atom. The van der Waals surface area contributed by atoms with Gasteiger partial charge in [-0.05, 0) is 18.3 Å². The molecule has 0 bridgehead atoms. The zero-order valence-electron chi connectivity index (χ0n) is 9.45. The van der Waals surface area contributed by atoms with Crippen LogP contribution in [0.2, 0.25) is 0 Å². The monoisotopic (exact) mass is 226 g/mol. The topological polar surface area (TPSA) is 74.6 Å². The van der Waals surface area contributed by atoms with Crippen molar-refractivity contribution in [1.29, 1.82) is 0 Å². The largest absolute Gasteiger partial charge is 0.396 e. The average molecular weight is 226 g/mol. The van der Waals surface area contributed by atoms with E-state index in [-0.39, 0.29) is 0 Å². The van der Waals surface area contributed by atoms with Crippen LogP contribution in [0.15, 0.2) is 0 Å². The van der Waals surface area contributed by atoms with Crippen LogP contribution < -0.4 is 0 Å². The summed E-state index contributed by atoms with van der Waals surface area (Å²) in [5, 5.41) is 8.46. The number of aliphatic hydroxyl groups excluding tert-OH is 1. The molecule has 0 saturated carbocycles. The van der Waals surface area contributed by atoms with Gasteiger partial charge in [-0.25, -0.2) is 0 Å². The highest BCUT2D eigenvalue weighted by atomic mass is 32.2. The fourth-order valence-corrected chi connectivity index (χ4v) is 0.767. The molecule has 2 N–H and O–H groups in total. The minimum absolute atomic E-state index is 0.343. The molecule has 0 aromatic rings. The van der Waals surface area contributed by atoms with E-state index in [0.29, 0.717) is 18.3 Å². The second-order valence-corrected chi connectivity index (χ2v) is 5.94. The maximum Gasteiger partial charge on any atom is 0.261 e. The van der Waals surface area contributed by atoms with Gasteiger partial charge in [0.2, 0.25) is 0 Å². The summed E-state index contributed by atoms with van der Waals surface area (Å²) < 4.78 is 25.9. The van der Waals surface area contributed by atoms with E-state index in [4.69, 9.17) is 9.66 Å². The van der Waals surface area contributed by atoms with Gasteiger partial charge in [0.1, 0.15) is 0 Å². The molecule has 88 valence electrons. The quantitative estimate of drug-likeness (QED) is 0.567. The number of hydrogen-bond acceptors (Lipinski definition) is 3. The summed E-state index contributed by atoms with van der Waals surface area (Å²) >= 11 is 0. The molecule has 0 aliphatic heterocycles. The molecule has 0 spiro atoms. The molecule has 14 heavy (non-hydrogen) atoms. The molecule has 0 fully saturated rings. The highest BCUT2D eigenvalue weighted by molar-refractivity contribution is 7.85. The molecule has 0 aromatic carbocycles. The molecule has 0 unspecified atom stereocenters. The predicted molar refractivity (Wildman–Crippen MR) is 57.9 cm³/mol. The van der Waals surface area contributed by atoms with Gasteiger partial charge in [-0.2, -0.15) is 8.42 Å². The minimum atomic E-state index is -3.67. The van der Waals surface area contributed by atoms with Crippen LogP contribution in [-0.4, -0.2) is 30.9 Å². The molecule has 0 rings (SSSR count). The van der Waals surface area contributed by atoms with Gasteiger partial charge in [-0.15, -0.1) is 0 Å². The third-order valence-corrected chi connectivity index (χ3v) is 1.33. The fraction of sp³-hybridized carbons (Fsp3) is 1.00. The lowest BCUT2D eigenvalue weighted by atomic mass is 9.90. The van der Waals surface area contributed by atoms with Crippen LogP contribution in [0, 0.1) is 5.41 Å². The number of aliphatic hydroxyl groups is 1. The third-order valence-electron chi connectivity index (χ3n) is 1.33. The first kappa shape index (κ1) is 16.3. The molecule has 4 nitrogen and oxygen atoms in total. The molecule has 0 amide bonds. The first-order chi connectivity index (χ1) is 6.06. The SMILES string of the molecule is CC(C)(C)CCCCO.CS(=O)(=O)O. The summed E-state index contributed by atoms with van der Waals surface area (Å²) in [6.45, 7) is 7.02. The van der Waals surface area contributed by atoms with Crippen molar-refractivity contribution in [2.75, 3.05) is 12.9 Å². The molecule has 0 aliphatic rings. The second kappa shape index (κ2) is 7.20. The van der Waals surface area contributed by atoms with E-state index in [1.165, 1.54) is 6.42 Å². The summed E-state index contributed by atoms with van der Waals surface area (Å²) in [5.74, 6) is 0. The Bertz CT molecular complexity index is 205. The van der Waals surface area contributed by atoms with Gasteiger partial charge in [0.15, 0.2) is 0 Å². The summed E-state index contributed by atoms with van der Waals surface area (Å²) in [7, 11) is -3.67.